The van der Waals surface area contributed by atoms with E-state index < -0.39 is 10.0 Å². The van der Waals surface area contributed by atoms with Gasteiger partial charge < -0.3 is 0 Å². The highest BCUT2D eigenvalue weighted by Crippen LogP contribution is 2.27. The molecule has 0 bridgehead atoms. The van der Waals surface area contributed by atoms with E-state index in [4.69, 9.17) is 0 Å². The lowest BCUT2D eigenvalue weighted by Crippen LogP contribution is -2.16. The molecule has 1 rings (SSSR count). The Morgan fingerprint density at radius 2 is 2.12 bits per heavy atom. The summed E-state index contributed by atoms with van der Waals surface area (Å²) in [5.74, 6) is 0.903. The molecule has 0 spiro atoms. The minimum Gasteiger partial charge on any atom is -0.282 e. The predicted octanol–water partition coefficient (Wildman–Crippen LogP) is 3.12. The van der Waals surface area contributed by atoms with Crippen LogP contribution in [0.1, 0.15) is 13.3 Å². The van der Waals surface area contributed by atoms with E-state index >= 15 is 0 Å². The maximum absolute atomic E-state index is 11.7. The van der Waals surface area contributed by atoms with Crippen LogP contribution in [0.15, 0.2) is 41.8 Å². The van der Waals surface area contributed by atoms with Gasteiger partial charge in [-0.3, -0.25) is 4.72 Å². The van der Waals surface area contributed by atoms with Crippen molar-refractivity contribution in [3.8, 4) is 0 Å². The van der Waals surface area contributed by atoms with Crippen LogP contribution in [0.4, 0.5) is 5.69 Å². The van der Waals surface area contributed by atoms with Gasteiger partial charge >= 0.3 is 0 Å². The Bertz CT molecular complexity index is 469. The number of thioether (sulfide) groups is 1. The van der Waals surface area contributed by atoms with Gasteiger partial charge in [0.2, 0.25) is 10.0 Å². The lowest BCUT2D eigenvalue weighted by molar-refractivity contribution is 0.600. The second kappa shape index (κ2) is 6.71. The molecule has 17 heavy (non-hydrogen) atoms. The Kier molecular flexibility index (Phi) is 5.58. The van der Waals surface area contributed by atoms with Gasteiger partial charge in [0.25, 0.3) is 0 Å². The molecule has 0 aliphatic rings. The number of nitrogens with one attached hydrogen (secondary N) is 1. The predicted molar refractivity (Wildman–Crippen MR) is 75.1 cm³/mol. The molecule has 0 aromatic heterocycles. The molecule has 0 heterocycles. The van der Waals surface area contributed by atoms with E-state index in [0.717, 1.165) is 10.6 Å². The Hall–Kier alpha value is -0.940. The minimum absolute atomic E-state index is 0.146. The van der Waals surface area contributed by atoms with Gasteiger partial charge in [-0.05, 0) is 18.6 Å². The first-order chi connectivity index (χ1) is 8.09. The van der Waals surface area contributed by atoms with Crippen molar-refractivity contribution in [2.24, 2.45) is 0 Å². The summed E-state index contributed by atoms with van der Waals surface area (Å²) in [5, 5.41) is 0. The van der Waals surface area contributed by atoms with Crippen LogP contribution in [-0.4, -0.2) is 19.9 Å². The van der Waals surface area contributed by atoms with Gasteiger partial charge in [0.1, 0.15) is 0 Å². The van der Waals surface area contributed by atoms with Crippen LogP contribution in [0.2, 0.25) is 0 Å². The Labute approximate surface area is 107 Å². The smallest absolute Gasteiger partial charge is 0.232 e. The second-order valence-electron chi connectivity index (χ2n) is 3.52. The summed E-state index contributed by atoms with van der Waals surface area (Å²) < 4.78 is 26.0. The summed E-state index contributed by atoms with van der Waals surface area (Å²) in [7, 11) is -3.22. The molecule has 3 nitrogen and oxygen atoms in total. The largest absolute Gasteiger partial charge is 0.282 e. The summed E-state index contributed by atoms with van der Waals surface area (Å²) >= 11 is 1.56. The van der Waals surface area contributed by atoms with E-state index in [2.05, 4.69) is 11.3 Å². The van der Waals surface area contributed by atoms with Crippen LogP contribution in [0.3, 0.4) is 0 Å². The zero-order valence-corrected chi connectivity index (χ0v) is 11.5. The molecule has 1 N–H and O–H groups in total. The number of hydrogen-bond donors (Lipinski definition) is 1. The summed E-state index contributed by atoms with van der Waals surface area (Å²) in [6.45, 7) is 5.49. The fourth-order valence-corrected chi connectivity index (χ4v) is 3.28. The van der Waals surface area contributed by atoms with Gasteiger partial charge in [-0.2, -0.15) is 0 Å². The lowest BCUT2D eigenvalue weighted by atomic mass is 10.3. The molecule has 5 heteroatoms. The maximum atomic E-state index is 11.7. The molecule has 0 saturated carbocycles. The Morgan fingerprint density at radius 1 is 1.41 bits per heavy atom. The van der Waals surface area contributed by atoms with Crippen molar-refractivity contribution in [2.75, 3.05) is 16.2 Å². The molecule has 0 saturated heterocycles. The fraction of sp³-hybridized carbons (Fsp3) is 0.333. The average Bonchev–Trinajstić information content (AvgIpc) is 2.27. The van der Waals surface area contributed by atoms with Crippen LogP contribution in [0.5, 0.6) is 0 Å². The van der Waals surface area contributed by atoms with Crippen molar-refractivity contribution in [1.29, 1.82) is 0 Å². The number of rotatable bonds is 7. The van der Waals surface area contributed by atoms with Gasteiger partial charge in [0, 0.05) is 10.6 Å². The summed E-state index contributed by atoms with van der Waals surface area (Å²) in [6, 6.07) is 7.39. The highest BCUT2D eigenvalue weighted by Gasteiger charge is 2.11. The minimum atomic E-state index is -3.22. The molecule has 0 aliphatic heterocycles. The van der Waals surface area contributed by atoms with Crippen molar-refractivity contribution in [2.45, 2.75) is 18.2 Å². The second-order valence-corrected chi connectivity index (χ2v) is 6.42. The van der Waals surface area contributed by atoms with Crippen molar-refractivity contribution < 1.29 is 8.42 Å². The molecular formula is C12H17NO2S2. The van der Waals surface area contributed by atoms with Crippen LogP contribution >= 0.6 is 11.8 Å². The molecular weight excluding hydrogens is 254 g/mol. The van der Waals surface area contributed by atoms with E-state index in [-0.39, 0.29) is 5.75 Å². The highest BCUT2D eigenvalue weighted by molar-refractivity contribution is 7.99. The molecule has 0 amide bonds. The molecule has 1 aromatic rings. The topological polar surface area (TPSA) is 46.2 Å². The monoisotopic (exact) mass is 271 g/mol. The van der Waals surface area contributed by atoms with Crippen LogP contribution in [0.25, 0.3) is 0 Å². The van der Waals surface area contributed by atoms with Gasteiger partial charge in [-0.1, -0.05) is 25.1 Å². The number of para-hydroxylation sites is 1. The van der Waals surface area contributed by atoms with Crippen molar-refractivity contribution >= 4 is 27.5 Å². The van der Waals surface area contributed by atoms with E-state index in [1.807, 2.05) is 25.1 Å². The first kappa shape index (κ1) is 14.1. The fourth-order valence-electron chi connectivity index (χ4n) is 1.31. The van der Waals surface area contributed by atoms with E-state index in [0.29, 0.717) is 12.1 Å². The van der Waals surface area contributed by atoms with Crippen LogP contribution < -0.4 is 4.72 Å². The molecule has 0 fully saturated rings. The zero-order chi connectivity index (χ0) is 12.7. The van der Waals surface area contributed by atoms with E-state index in [9.17, 15) is 8.42 Å². The van der Waals surface area contributed by atoms with Gasteiger partial charge in [-0.25, -0.2) is 8.42 Å². The lowest BCUT2D eigenvalue weighted by Gasteiger charge is -2.11. The summed E-state index contributed by atoms with van der Waals surface area (Å²) in [5.41, 5.74) is 0.646. The number of benzene rings is 1. The Morgan fingerprint density at radius 3 is 2.76 bits per heavy atom. The van der Waals surface area contributed by atoms with E-state index in [1.165, 1.54) is 0 Å². The zero-order valence-electron chi connectivity index (χ0n) is 9.85. The van der Waals surface area contributed by atoms with E-state index in [1.54, 1.807) is 23.9 Å². The van der Waals surface area contributed by atoms with Crippen molar-refractivity contribution in [1.82, 2.24) is 0 Å². The summed E-state index contributed by atoms with van der Waals surface area (Å²) in [4.78, 5) is 0.923. The summed E-state index contributed by atoms with van der Waals surface area (Å²) in [6.07, 6.45) is 2.40. The molecule has 94 valence electrons. The van der Waals surface area contributed by atoms with Crippen molar-refractivity contribution in [3.63, 3.8) is 0 Å². The SMILES string of the molecule is C=CCSc1ccccc1NS(=O)(=O)CCC. The third-order valence-corrected chi connectivity index (χ3v) is 4.53. The van der Waals surface area contributed by atoms with Crippen molar-refractivity contribution in [3.05, 3.63) is 36.9 Å². The third kappa shape index (κ3) is 4.83. The maximum Gasteiger partial charge on any atom is 0.232 e. The standard InChI is InChI=1S/C12H17NO2S2/c1-3-9-16-12-8-6-5-7-11(12)13-17(14,15)10-4-2/h3,5-8,13H,1,4,9-10H2,2H3. The van der Waals surface area contributed by atoms with Crippen LogP contribution in [0, 0.1) is 0 Å². The molecule has 0 aliphatic carbocycles. The molecule has 1 aromatic carbocycles. The molecule has 0 unspecified atom stereocenters. The number of hydrogen-bond acceptors (Lipinski definition) is 3. The third-order valence-electron chi connectivity index (χ3n) is 1.98. The number of sulfonamides is 1. The van der Waals surface area contributed by atoms with Gasteiger partial charge in [-0.15, -0.1) is 18.3 Å². The highest BCUT2D eigenvalue weighted by atomic mass is 32.2. The normalized spacial score (nSPS) is 11.1. The number of anilines is 1. The Balaban J connectivity index is 2.86. The first-order valence-corrected chi connectivity index (χ1v) is 8.06. The quantitative estimate of drug-likeness (QED) is 0.612. The molecule has 0 radical (unpaired) electrons. The average molecular weight is 271 g/mol. The molecule has 0 atom stereocenters. The van der Waals surface area contributed by atoms with Crippen LogP contribution in [-0.2, 0) is 10.0 Å². The first-order valence-electron chi connectivity index (χ1n) is 5.42. The van der Waals surface area contributed by atoms with Gasteiger partial charge in [0.15, 0.2) is 0 Å². The van der Waals surface area contributed by atoms with Gasteiger partial charge in [0.05, 0.1) is 11.4 Å².